The molecule has 0 aromatic carbocycles. The van der Waals surface area contributed by atoms with Crippen molar-refractivity contribution in [2.75, 3.05) is 0 Å². The number of rotatable bonds is 4. The van der Waals surface area contributed by atoms with Gasteiger partial charge in [0.25, 0.3) is 6.43 Å². The molecule has 0 atom stereocenters. The fourth-order valence-electron chi connectivity index (χ4n) is 1.17. The molecule has 3 nitrogen and oxygen atoms in total. The molecule has 1 aromatic rings. The lowest BCUT2D eigenvalue weighted by Crippen LogP contribution is -2.08. The van der Waals surface area contributed by atoms with E-state index in [-0.39, 0.29) is 16.6 Å². The zero-order valence-corrected chi connectivity index (χ0v) is 9.47. The van der Waals surface area contributed by atoms with Gasteiger partial charge in [0.15, 0.2) is 5.82 Å². The molecule has 0 aliphatic heterocycles. The number of pyridine rings is 1. The van der Waals surface area contributed by atoms with E-state index in [1.54, 1.807) is 0 Å². The van der Waals surface area contributed by atoms with Crippen molar-refractivity contribution in [1.82, 2.24) is 4.98 Å². The van der Waals surface area contributed by atoms with Gasteiger partial charge in [-0.3, -0.25) is 4.79 Å². The molecule has 0 radical (unpaired) electrons. The summed E-state index contributed by atoms with van der Waals surface area (Å²) in [5, 5.41) is 8.64. The molecule has 0 saturated heterocycles. The van der Waals surface area contributed by atoms with Crippen LogP contribution in [0.4, 0.5) is 13.2 Å². The van der Waals surface area contributed by atoms with Crippen LogP contribution in [0, 0.1) is 5.82 Å². The molecule has 1 rings (SSSR count). The Hall–Kier alpha value is -1.11. The van der Waals surface area contributed by atoms with E-state index in [1.807, 2.05) is 0 Å². The van der Waals surface area contributed by atoms with Gasteiger partial charge in [-0.25, -0.2) is 18.2 Å². The summed E-state index contributed by atoms with van der Waals surface area (Å²) in [7, 11) is 0. The number of hydrogen-bond donors (Lipinski definition) is 1. The highest BCUT2D eigenvalue weighted by atomic mass is 79.9. The summed E-state index contributed by atoms with van der Waals surface area (Å²) in [5.41, 5.74) is -0.756. The summed E-state index contributed by atoms with van der Waals surface area (Å²) in [5.74, 6) is -2.36. The molecule has 1 aromatic heterocycles. The van der Waals surface area contributed by atoms with E-state index in [0.717, 1.165) is 6.07 Å². The Bertz CT molecular complexity index is 412. The molecule has 0 aliphatic rings. The van der Waals surface area contributed by atoms with E-state index in [1.165, 1.54) is 0 Å². The van der Waals surface area contributed by atoms with Gasteiger partial charge < -0.3 is 5.11 Å². The lowest BCUT2D eigenvalue weighted by molar-refractivity contribution is -0.136. The SMILES string of the molecule is O=C(O)Cc1cc(F)c(C(F)F)nc1CBr. The standard InChI is InChI=1S/C9H7BrF3NO2/c10-3-6-4(2-7(15)16)1-5(11)8(14-6)9(12)13/h1,9H,2-3H2,(H,15,16). The predicted octanol–water partition coefficient (Wildman–Crippen LogP) is 2.68. The van der Waals surface area contributed by atoms with E-state index >= 15 is 0 Å². The maximum absolute atomic E-state index is 13.1. The van der Waals surface area contributed by atoms with Crippen LogP contribution in [0.5, 0.6) is 0 Å². The second kappa shape index (κ2) is 5.29. The third-order valence-corrected chi connectivity index (χ3v) is 2.38. The van der Waals surface area contributed by atoms with Crippen molar-refractivity contribution in [3.8, 4) is 0 Å². The zero-order valence-electron chi connectivity index (χ0n) is 7.88. The molecule has 0 bridgehead atoms. The second-order valence-electron chi connectivity index (χ2n) is 2.97. The van der Waals surface area contributed by atoms with Crippen LogP contribution in [0.1, 0.15) is 23.4 Å². The highest BCUT2D eigenvalue weighted by Crippen LogP contribution is 2.23. The number of hydrogen-bond acceptors (Lipinski definition) is 2. The lowest BCUT2D eigenvalue weighted by Gasteiger charge is -2.08. The smallest absolute Gasteiger partial charge is 0.307 e. The number of alkyl halides is 3. The Morgan fingerprint density at radius 3 is 2.62 bits per heavy atom. The van der Waals surface area contributed by atoms with Crippen molar-refractivity contribution >= 4 is 21.9 Å². The molecule has 0 saturated carbocycles. The summed E-state index contributed by atoms with van der Waals surface area (Å²) >= 11 is 2.98. The molecule has 7 heteroatoms. The summed E-state index contributed by atoms with van der Waals surface area (Å²) in [6.45, 7) is 0. The number of nitrogens with zero attached hydrogens (tertiary/aromatic N) is 1. The van der Waals surface area contributed by atoms with Crippen LogP contribution < -0.4 is 0 Å². The summed E-state index contributed by atoms with van der Waals surface area (Å²) in [6, 6.07) is 0.791. The molecule has 0 aliphatic carbocycles. The van der Waals surface area contributed by atoms with Crippen molar-refractivity contribution in [3.05, 3.63) is 28.8 Å². The van der Waals surface area contributed by atoms with Gasteiger partial charge in [0.05, 0.1) is 12.1 Å². The summed E-state index contributed by atoms with van der Waals surface area (Å²) in [4.78, 5) is 13.9. The average molecular weight is 298 g/mol. The number of aromatic nitrogens is 1. The van der Waals surface area contributed by atoms with Gasteiger partial charge in [-0.2, -0.15) is 0 Å². The number of aliphatic carboxylic acids is 1. The molecule has 0 spiro atoms. The van der Waals surface area contributed by atoms with Gasteiger partial charge >= 0.3 is 5.97 Å². The first-order valence-corrected chi connectivity index (χ1v) is 5.32. The number of carboxylic acid groups (broad SMARTS) is 1. The van der Waals surface area contributed by atoms with E-state index in [2.05, 4.69) is 20.9 Å². The van der Waals surface area contributed by atoms with Gasteiger partial charge in [-0.05, 0) is 11.6 Å². The highest BCUT2D eigenvalue weighted by molar-refractivity contribution is 9.08. The molecule has 0 fully saturated rings. The fourth-order valence-corrected chi connectivity index (χ4v) is 1.65. The monoisotopic (exact) mass is 297 g/mol. The van der Waals surface area contributed by atoms with E-state index in [4.69, 9.17) is 5.11 Å². The Morgan fingerprint density at radius 2 is 2.19 bits per heavy atom. The Kier molecular flexibility index (Phi) is 4.28. The maximum Gasteiger partial charge on any atom is 0.307 e. The van der Waals surface area contributed by atoms with Crippen molar-refractivity contribution in [2.24, 2.45) is 0 Å². The predicted molar refractivity (Wildman–Crippen MR) is 53.1 cm³/mol. The van der Waals surface area contributed by atoms with E-state index < -0.39 is 30.3 Å². The van der Waals surface area contributed by atoms with E-state index in [9.17, 15) is 18.0 Å². The van der Waals surface area contributed by atoms with Crippen molar-refractivity contribution in [1.29, 1.82) is 0 Å². The van der Waals surface area contributed by atoms with Crippen LogP contribution in [0.25, 0.3) is 0 Å². The van der Waals surface area contributed by atoms with Gasteiger partial charge in [-0.15, -0.1) is 0 Å². The summed E-state index contributed by atoms with van der Waals surface area (Å²) < 4.78 is 37.7. The Labute approximate surface area is 97.4 Å². The van der Waals surface area contributed by atoms with Crippen LogP contribution in [0.15, 0.2) is 6.07 Å². The highest BCUT2D eigenvalue weighted by Gasteiger charge is 2.19. The first-order valence-electron chi connectivity index (χ1n) is 4.19. The van der Waals surface area contributed by atoms with Gasteiger partial charge in [0.2, 0.25) is 0 Å². The maximum atomic E-state index is 13.1. The number of carbonyl (C=O) groups is 1. The minimum absolute atomic E-state index is 0.0891. The normalized spacial score (nSPS) is 10.8. The van der Waals surface area contributed by atoms with Crippen LogP contribution in [0.2, 0.25) is 0 Å². The van der Waals surface area contributed by atoms with Crippen molar-refractivity contribution in [3.63, 3.8) is 0 Å². The van der Waals surface area contributed by atoms with Crippen molar-refractivity contribution in [2.45, 2.75) is 18.2 Å². The summed E-state index contributed by atoms with van der Waals surface area (Å²) in [6.07, 6.45) is -3.47. The van der Waals surface area contributed by atoms with Crippen LogP contribution in [-0.2, 0) is 16.5 Å². The van der Waals surface area contributed by atoms with Gasteiger partial charge in [0, 0.05) is 5.33 Å². The third-order valence-electron chi connectivity index (χ3n) is 1.85. The Balaban J connectivity index is 3.20. The molecular weight excluding hydrogens is 291 g/mol. The van der Waals surface area contributed by atoms with Crippen molar-refractivity contribution < 1.29 is 23.1 Å². The minimum Gasteiger partial charge on any atom is -0.481 e. The zero-order chi connectivity index (χ0) is 12.3. The topological polar surface area (TPSA) is 50.2 Å². The number of carboxylic acids is 1. The van der Waals surface area contributed by atoms with Crippen LogP contribution in [0.3, 0.4) is 0 Å². The van der Waals surface area contributed by atoms with Crippen LogP contribution in [-0.4, -0.2) is 16.1 Å². The lowest BCUT2D eigenvalue weighted by atomic mass is 10.1. The van der Waals surface area contributed by atoms with Crippen LogP contribution >= 0.6 is 15.9 Å². The van der Waals surface area contributed by atoms with Gasteiger partial charge in [0.1, 0.15) is 5.69 Å². The second-order valence-corrected chi connectivity index (χ2v) is 3.53. The first kappa shape index (κ1) is 13.0. The first-order chi connectivity index (χ1) is 7.45. The molecular formula is C9H7BrF3NO2. The average Bonchev–Trinajstić information content (AvgIpc) is 2.16. The van der Waals surface area contributed by atoms with Gasteiger partial charge in [-0.1, -0.05) is 15.9 Å². The quantitative estimate of drug-likeness (QED) is 0.869. The molecule has 1 heterocycles. The fraction of sp³-hybridized carbons (Fsp3) is 0.333. The third kappa shape index (κ3) is 2.94. The molecule has 0 unspecified atom stereocenters. The molecule has 1 N–H and O–H groups in total. The molecule has 88 valence electrons. The number of halogens is 4. The Morgan fingerprint density at radius 1 is 1.56 bits per heavy atom. The largest absolute Gasteiger partial charge is 0.481 e. The molecule has 0 amide bonds. The molecule has 16 heavy (non-hydrogen) atoms. The minimum atomic E-state index is -3.02. The van der Waals surface area contributed by atoms with E-state index in [0.29, 0.717) is 0 Å².